The van der Waals surface area contributed by atoms with Gasteiger partial charge in [-0.2, -0.15) is 0 Å². The quantitative estimate of drug-likeness (QED) is 0.778. The zero-order chi connectivity index (χ0) is 16.0. The Balaban J connectivity index is 2.09. The summed E-state index contributed by atoms with van der Waals surface area (Å²) in [6.45, 7) is 7.52. The third kappa shape index (κ3) is 4.20. The van der Waals surface area contributed by atoms with Crippen molar-refractivity contribution in [1.29, 1.82) is 0 Å². The van der Waals surface area contributed by atoms with Crippen molar-refractivity contribution in [2.45, 2.75) is 33.7 Å². The smallest absolute Gasteiger partial charge is 0.228 e. The molecule has 1 amide bonds. The standard InChI is InChI=1S/C20H25NO/c1-4-21(16-18-13-9-6-10-14-18)19(22)20(2,3)15-17-11-7-5-8-12-17/h5-14H,4,15-16H2,1-3H3. The van der Waals surface area contributed by atoms with E-state index in [1.807, 2.05) is 62.1 Å². The monoisotopic (exact) mass is 295 g/mol. The average molecular weight is 295 g/mol. The summed E-state index contributed by atoms with van der Waals surface area (Å²) < 4.78 is 0. The largest absolute Gasteiger partial charge is 0.338 e. The topological polar surface area (TPSA) is 20.3 Å². The summed E-state index contributed by atoms with van der Waals surface area (Å²) in [5, 5.41) is 0. The van der Waals surface area contributed by atoms with E-state index in [2.05, 4.69) is 24.3 Å². The number of nitrogens with zero attached hydrogens (tertiary/aromatic N) is 1. The van der Waals surface area contributed by atoms with E-state index in [4.69, 9.17) is 0 Å². The molecule has 2 rings (SSSR count). The van der Waals surface area contributed by atoms with Crippen molar-refractivity contribution >= 4 is 5.91 Å². The maximum atomic E-state index is 12.9. The number of amides is 1. The molecule has 2 heteroatoms. The van der Waals surface area contributed by atoms with Crippen LogP contribution in [0.4, 0.5) is 0 Å². The van der Waals surface area contributed by atoms with Gasteiger partial charge in [0.15, 0.2) is 0 Å². The number of benzene rings is 2. The lowest BCUT2D eigenvalue weighted by molar-refractivity contribution is -0.140. The van der Waals surface area contributed by atoms with Crippen LogP contribution in [0.5, 0.6) is 0 Å². The van der Waals surface area contributed by atoms with Crippen LogP contribution in [0.2, 0.25) is 0 Å². The summed E-state index contributed by atoms with van der Waals surface area (Å²) in [5.41, 5.74) is 1.98. The summed E-state index contributed by atoms with van der Waals surface area (Å²) in [6, 6.07) is 20.4. The minimum Gasteiger partial charge on any atom is -0.338 e. The molecule has 2 aromatic rings. The van der Waals surface area contributed by atoms with Crippen molar-refractivity contribution in [2.75, 3.05) is 6.54 Å². The fourth-order valence-corrected chi connectivity index (χ4v) is 2.74. The molecule has 0 unspecified atom stereocenters. The summed E-state index contributed by atoms with van der Waals surface area (Å²) >= 11 is 0. The number of carbonyl (C=O) groups is 1. The van der Waals surface area contributed by atoms with Crippen molar-refractivity contribution in [3.63, 3.8) is 0 Å². The van der Waals surface area contributed by atoms with Gasteiger partial charge in [0.05, 0.1) is 0 Å². The second-order valence-electron chi connectivity index (χ2n) is 6.35. The zero-order valence-corrected chi connectivity index (χ0v) is 13.8. The molecule has 0 heterocycles. The van der Waals surface area contributed by atoms with Gasteiger partial charge in [0.2, 0.25) is 5.91 Å². The number of rotatable bonds is 6. The molecule has 0 bridgehead atoms. The van der Waals surface area contributed by atoms with E-state index in [0.29, 0.717) is 6.54 Å². The number of carbonyl (C=O) groups excluding carboxylic acids is 1. The van der Waals surface area contributed by atoms with E-state index in [1.165, 1.54) is 11.1 Å². The van der Waals surface area contributed by atoms with Crippen molar-refractivity contribution < 1.29 is 4.79 Å². The van der Waals surface area contributed by atoms with Gasteiger partial charge < -0.3 is 4.90 Å². The Labute approximate surface area is 133 Å². The molecule has 0 aliphatic heterocycles. The Morgan fingerprint density at radius 2 is 1.41 bits per heavy atom. The number of hydrogen-bond acceptors (Lipinski definition) is 1. The van der Waals surface area contributed by atoms with E-state index < -0.39 is 5.41 Å². The van der Waals surface area contributed by atoms with Crippen LogP contribution in [-0.4, -0.2) is 17.4 Å². The van der Waals surface area contributed by atoms with Crippen molar-refractivity contribution in [3.05, 3.63) is 71.8 Å². The lowest BCUT2D eigenvalue weighted by atomic mass is 9.84. The van der Waals surface area contributed by atoms with Gasteiger partial charge in [-0.05, 0) is 24.5 Å². The van der Waals surface area contributed by atoms with Crippen LogP contribution in [0.1, 0.15) is 31.9 Å². The first-order chi connectivity index (χ1) is 10.5. The van der Waals surface area contributed by atoms with E-state index in [1.54, 1.807) is 0 Å². The molecule has 0 aliphatic carbocycles. The predicted molar refractivity (Wildman–Crippen MR) is 91.5 cm³/mol. The Kier molecular flexibility index (Phi) is 5.37. The van der Waals surface area contributed by atoms with Crippen LogP contribution in [0.25, 0.3) is 0 Å². The lowest BCUT2D eigenvalue weighted by Crippen LogP contribution is -2.41. The van der Waals surface area contributed by atoms with Crippen LogP contribution in [0.3, 0.4) is 0 Å². The molecule has 0 fully saturated rings. The lowest BCUT2D eigenvalue weighted by Gasteiger charge is -2.31. The molecule has 0 N–H and O–H groups in total. The summed E-state index contributed by atoms with van der Waals surface area (Å²) in [6.07, 6.45) is 0.762. The SMILES string of the molecule is CCN(Cc1ccccc1)C(=O)C(C)(C)Cc1ccccc1. The summed E-state index contributed by atoms with van der Waals surface area (Å²) in [4.78, 5) is 14.9. The normalized spacial score (nSPS) is 11.2. The predicted octanol–water partition coefficient (Wildman–Crippen LogP) is 4.30. The molecule has 22 heavy (non-hydrogen) atoms. The first-order valence-corrected chi connectivity index (χ1v) is 7.90. The molecule has 0 atom stereocenters. The van der Waals surface area contributed by atoms with Crippen molar-refractivity contribution in [2.24, 2.45) is 5.41 Å². The minimum atomic E-state index is -0.397. The zero-order valence-electron chi connectivity index (χ0n) is 13.8. The van der Waals surface area contributed by atoms with Gasteiger partial charge in [0.1, 0.15) is 0 Å². The summed E-state index contributed by atoms with van der Waals surface area (Å²) in [5.74, 6) is 0.211. The first-order valence-electron chi connectivity index (χ1n) is 7.90. The van der Waals surface area contributed by atoms with Gasteiger partial charge in [-0.1, -0.05) is 74.5 Å². The van der Waals surface area contributed by atoms with Crippen molar-refractivity contribution in [1.82, 2.24) is 4.90 Å². The molecule has 2 aromatic carbocycles. The highest BCUT2D eigenvalue weighted by Crippen LogP contribution is 2.25. The van der Waals surface area contributed by atoms with Gasteiger partial charge >= 0.3 is 0 Å². The van der Waals surface area contributed by atoms with E-state index >= 15 is 0 Å². The Morgan fingerprint density at radius 1 is 0.909 bits per heavy atom. The van der Waals surface area contributed by atoms with Gasteiger partial charge in [0.25, 0.3) is 0 Å². The molecule has 0 saturated heterocycles. The Hall–Kier alpha value is -2.09. The van der Waals surface area contributed by atoms with Gasteiger partial charge in [-0.25, -0.2) is 0 Å². The van der Waals surface area contributed by atoms with Crippen LogP contribution >= 0.6 is 0 Å². The van der Waals surface area contributed by atoms with Gasteiger partial charge in [0, 0.05) is 18.5 Å². The Bertz CT molecular complexity index is 590. The van der Waals surface area contributed by atoms with Crippen LogP contribution in [-0.2, 0) is 17.8 Å². The fraction of sp³-hybridized carbons (Fsp3) is 0.350. The van der Waals surface area contributed by atoms with Crippen LogP contribution < -0.4 is 0 Å². The molecule has 0 aromatic heterocycles. The molecule has 2 nitrogen and oxygen atoms in total. The van der Waals surface area contributed by atoms with Crippen LogP contribution in [0.15, 0.2) is 60.7 Å². The third-order valence-electron chi connectivity index (χ3n) is 3.95. The van der Waals surface area contributed by atoms with Crippen molar-refractivity contribution in [3.8, 4) is 0 Å². The second kappa shape index (κ2) is 7.26. The highest BCUT2D eigenvalue weighted by atomic mass is 16.2. The minimum absolute atomic E-state index is 0.211. The third-order valence-corrected chi connectivity index (χ3v) is 3.95. The molecule has 0 aliphatic rings. The summed E-state index contributed by atoms with van der Waals surface area (Å²) in [7, 11) is 0. The maximum Gasteiger partial charge on any atom is 0.228 e. The fourth-order valence-electron chi connectivity index (χ4n) is 2.74. The maximum absolute atomic E-state index is 12.9. The molecule has 0 radical (unpaired) electrons. The van der Waals surface area contributed by atoms with E-state index in [-0.39, 0.29) is 5.91 Å². The van der Waals surface area contributed by atoms with E-state index in [0.717, 1.165) is 13.0 Å². The molecular weight excluding hydrogens is 270 g/mol. The van der Waals surface area contributed by atoms with Crippen LogP contribution in [0, 0.1) is 5.41 Å². The second-order valence-corrected chi connectivity index (χ2v) is 6.35. The number of hydrogen-bond donors (Lipinski definition) is 0. The molecular formula is C20H25NO. The molecule has 116 valence electrons. The highest BCUT2D eigenvalue weighted by Gasteiger charge is 2.31. The molecule has 0 spiro atoms. The highest BCUT2D eigenvalue weighted by molar-refractivity contribution is 5.82. The first kappa shape index (κ1) is 16.3. The average Bonchev–Trinajstić information content (AvgIpc) is 2.53. The molecule has 0 saturated carbocycles. The van der Waals surface area contributed by atoms with Gasteiger partial charge in [-0.3, -0.25) is 4.79 Å². The Morgan fingerprint density at radius 3 is 1.91 bits per heavy atom. The van der Waals surface area contributed by atoms with Gasteiger partial charge in [-0.15, -0.1) is 0 Å². The van der Waals surface area contributed by atoms with E-state index in [9.17, 15) is 4.79 Å².